The summed E-state index contributed by atoms with van der Waals surface area (Å²) in [5.41, 5.74) is 3.33. The van der Waals surface area contributed by atoms with Gasteiger partial charge in [0.1, 0.15) is 17.2 Å². The Labute approximate surface area is 131 Å². The van der Waals surface area contributed by atoms with Crippen molar-refractivity contribution in [1.82, 2.24) is 14.1 Å². The van der Waals surface area contributed by atoms with E-state index in [1.807, 2.05) is 6.92 Å². The molecule has 23 heavy (non-hydrogen) atoms. The molecule has 0 amide bonds. The van der Waals surface area contributed by atoms with E-state index in [0.29, 0.717) is 12.3 Å². The minimum Gasteiger partial charge on any atom is -0.494 e. The van der Waals surface area contributed by atoms with Gasteiger partial charge in [-0.05, 0) is 13.3 Å². The highest BCUT2D eigenvalue weighted by Gasteiger charge is 2.24. The van der Waals surface area contributed by atoms with Gasteiger partial charge in [-0.25, -0.2) is 9.36 Å². The van der Waals surface area contributed by atoms with Crippen molar-refractivity contribution in [3.63, 3.8) is 0 Å². The third-order valence-electron chi connectivity index (χ3n) is 3.41. The van der Waals surface area contributed by atoms with E-state index in [-0.39, 0.29) is 18.1 Å². The number of nitrogens with two attached hydrogens (primary N) is 1. The van der Waals surface area contributed by atoms with E-state index in [1.165, 1.54) is 0 Å². The third-order valence-corrected chi connectivity index (χ3v) is 3.41. The summed E-state index contributed by atoms with van der Waals surface area (Å²) in [6, 6.07) is 0. The highest BCUT2D eigenvalue weighted by atomic mass is 16.4. The maximum Gasteiger partial charge on any atom is 0.339 e. The quantitative estimate of drug-likeness (QED) is 0.537. The molecule has 2 heterocycles. The van der Waals surface area contributed by atoms with Crippen LogP contribution in [0, 0.1) is 19.3 Å². The number of nitrogens with one attached hydrogen (secondary N) is 1. The van der Waals surface area contributed by atoms with Gasteiger partial charge in [0.25, 0.3) is 5.56 Å². The maximum atomic E-state index is 12.6. The zero-order valence-electron chi connectivity index (χ0n) is 13.2. The zero-order chi connectivity index (χ0) is 17.3. The fourth-order valence-electron chi connectivity index (χ4n) is 2.31. The van der Waals surface area contributed by atoms with Crippen molar-refractivity contribution in [2.75, 3.05) is 0 Å². The number of rotatable bonds is 5. The second-order valence-electron chi connectivity index (χ2n) is 5.15. The van der Waals surface area contributed by atoms with Crippen molar-refractivity contribution in [2.45, 2.75) is 40.2 Å². The van der Waals surface area contributed by atoms with E-state index in [0.717, 1.165) is 15.6 Å². The van der Waals surface area contributed by atoms with Gasteiger partial charge >= 0.3 is 5.69 Å². The first-order valence-corrected chi connectivity index (χ1v) is 7.17. The van der Waals surface area contributed by atoms with Gasteiger partial charge in [0.2, 0.25) is 5.88 Å². The molecule has 9 heteroatoms. The van der Waals surface area contributed by atoms with E-state index >= 15 is 0 Å². The molecule has 0 aliphatic carbocycles. The average molecular weight is 321 g/mol. The Kier molecular flexibility index (Phi) is 4.39. The number of oxazole rings is 1. The molecule has 9 nitrogen and oxygen atoms in total. The number of nitrogens with zero attached hydrogens (tertiary/aromatic N) is 3. The van der Waals surface area contributed by atoms with Crippen LogP contribution in [-0.4, -0.2) is 25.1 Å². The minimum atomic E-state index is -0.899. The standard InChI is InChI=1S/C14H19N5O4/c1-4-5-6-18-12(20)9(10(15)16)13(21)19(14(18)22)11-7(2)23-8(3)17-11/h20H,4-6H2,1-3H3,(H3,15,16). The molecule has 2 rings (SSSR count). The van der Waals surface area contributed by atoms with E-state index in [1.54, 1.807) is 13.8 Å². The second kappa shape index (κ2) is 6.11. The number of aromatic nitrogens is 3. The first kappa shape index (κ1) is 16.5. The molecule has 2 aromatic rings. The monoisotopic (exact) mass is 321 g/mol. The zero-order valence-corrected chi connectivity index (χ0v) is 13.2. The van der Waals surface area contributed by atoms with E-state index in [2.05, 4.69) is 4.98 Å². The van der Waals surface area contributed by atoms with Crippen LogP contribution in [0.4, 0.5) is 0 Å². The Balaban J connectivity index is 2.89. The lowest BCUT2D eigenvalue weighted by Crippen LogP contribution is -2.43. The second-order valence-corrected chi connectivity index (χ2v) is 5.15. The van der Waals surface area contributed by atoms with Gasteiger partial charge in [0.05, 0.1) is 0 Å². The summed E-state index contributed by atoms with van der Waals surface area (Å²) in [6.07, 6.45) is 1.39. The molecule has 2 aromatic heterocycles. The van der Waals surface area contributed by atoms with Crippen LogP contribution in [0.2, 0.25) is 0 Å². The molecule has 0 unspecified atom stereocenters. The lowest BCUT2D eigenvalue weighted by molar-refractivity contribution is 0.389. The molecular formula is C14H19N5O4. The van der Waals surface area contributed by atoms with Crippen LogP contribution in [0.15, 0.2) is 14.0 Å². The fraction of sp³-hybridized carbons (Fsp3) is 0.429. The SMILES string of the molecule is CCCCn1c(O)c(C(=N)N)c(=O)n(-c2nc(C)oc2C)c1=O. The molecule has 0 aliphatic heterocycles. The van der Waals surface area contributed by atoms with Gasteiger partial charge in [-0.1, -0.05) is 13.3 Å². The number of aryl methyl sites for hydroxylation is 2. The number of hydrogen-bond donors (Lipinski definition) is 3. The van der Waals surface area contributed by atoms with Gasteiger partial charge < -0.3 is 15.3 Å². The van der Waals surface area contributed by atoms with Crippen LogP contribution in [0.3, 0.4) is 0 Å². The summed E-state index contributed by atoms with van der Waals surface area (Å²) in [6.45, 7) is 5.27. The van der Waals surface area contributed by atoms with Crippen LogP contribution >= 0.6 is 0 Å². The van der Waals surface area contributed by atoms with Crippen LogP contribution < -0.4 is 17.0 Å². The molecule has 0 spiro atoms. The molecular weight excluding hydrogens is 302 g/mol. The smallest absolute Gasteiger partial charge is 0.339 e. The minimum absolute atomic E-state index is 0.0326. The lowest BCUT2D eigenvalue weighted by Gasteiger charge is -2.14. The van der Waals surface area contributed by atoms with Gasteiger partial charge in [-0.15, -0.1) is 0 Å². The molecule has 0 fully saturated rings. The van der Waals surface area contributed by atoms with E-state index < -0.39 is 28.5 Å². The molecule has 0 saturated carbocycles. The van der Waals surface area contributed by atoms with E-state index in [9.17, 15) is 14.7 Å². The van der Waals surface area contributed by atoms with Crippen molar-refractivity contribution in [3.8, 4) is 11.7 Å². The van der Waals surface area contributed by atoms with Crippen molar-refractivity contribution >= 4 is 5.84 Å². The topological polar surface area (TPSA) is 140 Å². The summed E-state index contributed by atoms with van der Waals surface area (Å²) in [5.74, 6) is -0.616. The molecule has 0 radical (unpaired) electrons. The van der Waals surface area contributed by atoms with Crippen molar-refractivity contribution in [2.24, 2.45) is 5.73 Å². The summed E-state index contributed by atoms with van der Waals surface area (Å²) in [5, 5.41) is 17.7. The molecule has 0 aromatic carbocycles. The highest BCUT2D eigenvalue weighted by molar-refractivity contribution is 5.96. The van der Waals surface area contributed by atoms with Crippen LogP contribution in [0.1, 0.15) is 37.0 Å². The highest BCUT2D eigenvalue weighted by Crippen LogP contribution is 2.15. The Morgan fingerprint density at radius 3 is 2.52 bits per heavy atom. The molecule has 0 bridgehead atoms. The maximum absolute atomic E-state index is 12.6. The Hall–Kier alpha value is -2.84. The van der Waals surface area contributed by atoms with Gasteiger partial charge in [-0.3, -0.25) is 14.8 Å². The van der Waals surface area contributed by atoms with Crippen LogP contribution in [0.25, 0.3) is 5.82 Å². The number of amidine groups is 1. The normalized spacial score (nSPS) is 10.9. The summed E-state index contributed by atoms with van der Waals surface area (Å²) >= 11 is 0. The van der Waals surface area contributed by atoms with E-state index in [4.69, 9.17) is 15.6 Å². The molecule has 0 saturated heterocycles. The number of unbranched alkanes of at least 4 members (excludes halogenated alkanes) is 1. The molecule has 0 atom stereocenters. The molecule has 0 aliphatic rings. The average Bonchev–Trinajstić information content (AvgIpc) is 2.77. The number of nitrogen functional groups attached to an aromatic ring is 1. The number of hydrogen-bond acceptors (Lipinski definition) is 6. The summed E-state index contributed by atoms with van der Waals surface area (Å²) < 4.78 is 7.06. The predicted octanol–water partition coefficient (Wildman–Crippen LogP) is 0.394. The molecule has 4 N–H and O–H groups in total. The van der Waals surface area contributed by atoms with Gasteiger partial charge in [0, 0.05) is 13.5 Å². The van der Waals surface area contributed by atoms with Gasteiger partial charge in [-0.2, -0.15) is 4.98 Å². The predicted molar refractivity (Wildman–Crippen MR) is 83.4 cm³/mol. The largest absolute Gasteiger partial charge is 0.494 e. The summed E-state index contributed by atoms with van der Waals surface area (Å²) in [4.78, 5) is 29.2. The van der Waals surface area contributed by atoms with Crippen LogP contribution in [-0.2, 0) is 6.54 Å². The first-order valence-electron chi connectivity index (χ1n) is 7.17. The Morgan fingerprint density at radius 2 is 2.04 bits per heavy atom. The first-order chi connectivity index (χ1) is 10.8. The van der Waals surface area contributed by atoms with Crippen molar-refractivity contribution < 1.29 is 9.52 Å². The summed E-state index contributed by atoms with van der Waals surface area (Å²) in [7, 11) is 0. The van der Waals surface area contributed by atoms with Crippen LogP contribution in [0.5, 0.6) is 5.88 Å². The van der Waals surface area contributed by atoms with Gasteiger partial charge in [0.15, 0.2) is 11.7 Å². The van der Waals surface area contributed by atoms with Crippen molar-refractivity contribution in [3.05, 3.63) is 38.1 Å². The Morgan fingerprint density at radius 1 is 1.39 bits per heavy atom. The Bertz CT molecular complexity index is 875. The number of aromatic hydroxyl groups is 1. The fourth-order valence-corrected chi connectivity index (χ4v) is 2.31. The van der Waals surface area contributed by atoms with Crippen molar-refractivity contribution in [1.29, 1.82) is 5.41 Å². The third kappa shape index (κ3) is 2.77. The molecule has 124 valence electrons. The lowest BCUT2D eigenvalue weighted by atomic mass is 10.2.